The van der Waals surface area contributed by atoms with Crippen LogP contribution < -0.4 is 15.4 Å². The molecule has 0 spiro atoms. The normalized spacial score (nSPS) is 9.97. The number of amides is 2. The number of carbonyl (C=O) groups excluding carboxylic acids is 2. The van der Waals surface area contributed by atoms with Crippen LogP contribution in [-0.2, 0) is 6.61 Å². The molecule has 0 aliphatic rings. The van der Waals surface area contributed by atoms with E-state index in [1.54, 1.807) is 60.7 Å². The van der Waals surface area contributed by atoms with Crippen LogP contribution in [0.4, 0.5) is 0 Å². The molecular formula is C24H21N3O3. The minimum absolute atomic E-state index is 0.183. The van der Waals surface area contributed by atoms with E-state index in [0.29, 0.717) is 35.5 Å². The fourth-order valence-electron chi connectivity index (χ4n) is 2.79. The third-order valence-corrected chi connectivity index (χ3v) is 4.36. The van der Waals surface area contributed by atoms with Gasteiger partial charge in [0.25, 0.3) is 11.8 Å². The number of hydrogen-bond donors (Lipinski definition) is 2. The lowest BCUT2D eigenvalue weighted by molar-refractivity contribution is 0.0927. The summed E-state index contributed by atoms with van der Waals surface area (Å²) in [5.41, 5.74) is 2.37. The van der Waals surface area contributed by atoms with Crippen LogP contribution in [0, 0.1) is 11.3 Å². The number of hydrogen-bond acceptors (Lipinski definition) is 4. The van der Waals surface area contributed by atoms with Gasteiger partial charge in [0.2, 0.25) is 0 Å². The second-order valence-electron chi connectivity index (χ2n) is 6.46. The molecule has 2 amide bonds. The Morgan fingerprint density at radius 1 is 0.800 bits per heavy atom. The number of rotatable bonds is 8. The van der Waals surface area contributed by atoms with E-state index in [9.17, 15) is 9.59 Å². The summed E-state index contributed by atoms with van der Waals surface area (Å²) >= 11 is 0. The zero-order chi connectivity index (χ0) is 21.2. The lowest BCUT2D eigenvalue weighted by atomic mass is 10.1. The summed E-state index contributed by atoms with van der Waals surface area (Å²) in [6.45, 7) is 0.860. The van der Waals surface area contributed by atoms with Crippen LogP contribution in [0.5, 0.6) is 5.75 Å². The molecule has 0 aliphatic heterocycles. The van der Waals surface area contributed by atoms with Gasteiger partial charge in [-0.05, 0) is 36.4 Å². The molecule has 0 bridgehead atoms. The molecule has 3 aromatic carbocycles. The molecule has 0 fully saturated rings. The van der Waals surface area contributed by atoms with Crippen LogP contribution in [-0.4, -0.2) is 24.9 Å². The highest BCUT2D eigenvalue weighted by Crippen LogP contribution is 2.16. The second kappa shape index (κ2) is 10.4. The van der Waals surface area contributed by atoms with Gasteiger partial charge in [-0.15, -0.1) is 0 Å². The fraction of sp³-hybridized carbons (Fsp3) is 0.125. The predicted octanol–water partition coefficient (Wildman–Crippen LogP) is 3.30. The van der Waals surface area contributed by atoms with Gasteiger partial charge >= 0.3 is 0 Å². The van der Waals surface area contributed by atoms with Gasteiger partial charge < -0.3 is 15.4 Å². The van der Waals surface area contributed by atoms with Gasteiger partial charge in [-0.2, -0.15) is 5.26 Å². The number of ether oxygens (including phenoxy) is 1. The van der Waals surface area contributed by atoms with Crippen molar-refractivity contribution >= 4 is 11.8 Å². The zero-order valence-corrected chi connectivity index (χ0v) is 16.3. The summed E-state index contributed by atoms with van der Waals surface area (Å²) < 4.78 is 5.74. The quantitative estimate of drug-likeness (QED) is 0.569. The predicted molar refractivity (Wildman–Crippen MR) is 113 cm³/mol. The van der Waals surface area contributed by atoms with Gasteiger partial charge in [-0.25, -0.2) is 0 Å². The lowest BCUT2D eigenvalue weighted by Gasteiger charge is -2.10. The molecular weight excluding hydrogens is 378 g/mol. The molecule has 0 saturated heterocycles. The highest BCUT2D eigenvalue weighted by molar-refractivity contribution is 5.95. The number of carbonyl (C=O) groups is 2. The highest BCUT2D eigenvalue weighted by Gasteiger charge is 2.08. The molecule has 0 heterocycles. The third kappa shape index (κ3) is 5.69. The van der Waals surface area contributed by atoms with Crippen molar-refractivity contribution in [2.24, 2.45) is 0 Å². The van der Waals surface area contributed by atoms with E-state index in [-0.39, 0.29) is 18.4 Å². The first-order chi connectivity index (χ1) is 14.7. The second-order valence-corrected chi connectivity index (χ2v) is 6.46. The number of nitrogens with zero attached hydrogens (tertiary/aromatic N) is 1. The number of nitrogens with one attached hydrogen (secondary N) is 2. The Kier molecular flexibility index (Phi) is 7.17. The van der Waals surface area contributed by atoms with Crippen molar-refractivity contribution in [3.63, 3.8) is 0 Å². The van der Waals surface area contributed by atoms with Crippen molar-refractivity contribution in [1.29, 1.82) is 5.26 Å². The Hall–Kier alpha value is -4.11. The van der Waals surface area contributed by atoms with E-state index in [0.717, 1.165) is 5.56 Å². The molecule has 0 atom stereocenters. The first kappa shape index (κ1) is 20.6. The van der Waals surface area contributed by atoms with Crippen LogP contribution in [0.25, 0.3) is 0 Å². The number of benzene rings is 3. The SMILES string of the molecule is N#Cc1ccccc1COc1cccc(C(=O)NCCNC(=O)c2ccccc2)c1. The van der Waals surface area contributed by atoms with Crippen molar-refractivity contribution in [3.05, 3.63) is 101 Å². The molecule has 3 rings (SSSR count). The topological polar surface area (TPSA) is 91.2 Å². The Morgan fingerprint density at radius 2 is 1.43 bits per heavy atom. The minimum atomic E-state index is -0.258. The van der Waals surface area contributed by atoms with E-state index in [4.69, 9.17) is 10.00 Å². The Balaban J connectivity index is 1.48. The largest absolute Gasteiger partial charge is 0.489 e. The maximum absolute atomic E-state index is 12.4. The van der Waals surface area contributed by atoms with Crippen molar-refractivity contribution in [3.8, 4) is 11.8 Å². The highest BCUT2D eigenvalue weighted by atomic mass is 16.5. The van der Waals surface area contributed by atoms with Gasteiger partial charge in [-0.1, -0.05) is 42.5 Å². The molecule has 0 aliphatic carbocycles. The van der Waals surface area contributed by atoms with Gasteiger partial charge in [0, 0.05) is 29.8 Å². The monoisotopic (exact) mass is 399 g/mol. The first-order valence-electron chi connectivity index (χ1n) is 9.49. The fourth-order valence-corrected chi connectivity index (χ4v) is 2.79. The Labute approximate surface area is 175 Å². The number of nitriles is 1. The smallest absolute Gasteiger partial charge is 0.251 e. The maximum atomic E-state index is 12.4. The summed E-state index contributed by atoms with van der Waals surface area (Å²) in [6, 6.07) is 25.1. The van der Waals surface area contributed by atoms with Gasteiger partial charge in [0.1, 0.15) is 12.4 Å². The van der Waals surface area contributed by atoms with Gasteiger partial charge in [0.15, 0.2) is 0 Å². The molecule has 0 unspecified atom stereocenters. The molecule has 30 heavy (non-hydrogen) atoms. The van der Waals surface area contributed by atoms with Crippen LogP contribution in [0.2, 0.25) is 0 Å². The molecule has 0 saturated carbocycles. The Morgan fingerprint density at radius 3 is 2.17 bits per heavy atom. The van der Waals surface area contributed by atoms with Crippen molar-refractivity contribution in [2.45, 2.75) is 6.61 Å². The third-order valence-electron chi connectivity index (χ3n) is 4.36. The summed E-state index contributed by atoms with van der Waals surface area (Å²) in [4.78, 5) is 24.3. The molecule has 150 valence electrons. The molecule has 6 nitrogen and oxygen atoms in total. The van der Waals surface area contributed by atoms with Gasteiger partial charge in [-0.3, -0.25) is 9.59 Å². The summed E-state index contributed by atoms with van der Waals surface area (Å²) in [5.74, 6) is 0.0949. The molecule has 3 aromatic rings. The van der Waals surface area contributed by atoms with E-state index < -0.39 is 0 Å². The van der Waals surface area contributed by atoms with Crippen LogP contribution in [0.3, 0.4) is 0 Å². The lowest BCUT2D eigenvalue weighted by Crippen LogP contribution is -2.34. The van der Waals surface area contributed by atoms with E-state index in [2.05, 4.69) is 16.7 Å². The molecule has 0 radical (unpaired) electrons. The van der Waals surface area contributed by atoms with Gasteiger partial charge in [0.05, 0.1) is 11.6 Å². The summed E-state index contributed by atoms with van der Waals surface area (Å²) in [7, 11) is 0. The molecule has 0 aromatic heterocycles. The first-order valence-corrected chi connectivity index (χ1v) is 9.49. The average Bonchev–Trinajstić information content (AvgIpc) is 2.81. The van der Waals surface area contributed by atoms with Crippen molar-refractivity contribution < 1.29 is 14.3 Å². The van der Waals surface area contributed by atoms with Crippen LogP contribution in [0.1, 0.15) is 31.8 Å². The van der Waals surface area contributed by atoms with E-state index >= 15 is 0 Å². The van der Waals surface area contributed by atoms with E-state index in [1.807, 2.05) is 18.2 Å². The average molecular weight is 399 g/mol. The standard InChI is InChI=1S/C24H21N3O3/c25-16-20-9-4-5-10-21(20)17-30-22-12-6-11-19(15-22)24(29)27-14-13-26-23(28)18-7-2-1-3-8-18/h1-12,15H,13-14,17H2,(H,26,28)(H,27,29). The Bertz CT molecular complexity index is 1060. The maximum Gasteiger partial charge on any atom is 0.251 e. The van der Waals surface area contributed by atoms with E-state index in [1.165, 1.54) is 0 Å². The molecule has 6 heteroatoms. The van der Waals surface area contributed by atoms with Crippen molar-refractivity contribution in [1.82, 2.24) is 10.6 Å². The minimum Gasteiger partial charge on any atom is -0.489 e. The van der Waals surface area contributed by atoms with Crippen molar-refractivity contribution in [2.75, 3.05) is 13.1 Å². The summed E-state index contributed by atoms with van der Waals surface area (Å²) in [6.07, 6.45) is 0. The zero-order valence-electron chi connectivity index (χ0n) is 16.3. The molecule has 2 N–H and O–H groups in total. The van der Waals surface area contributed by atoms with Crippen LogP contribution in [0.15, 0.2) is 78.9 Å². The van der Waals surface area contributed by atoms with Crippen LogP contribution >= 0.6 is 0 Å². The summed E-state index contributed by atoms with van der Waals surface area (Å²) in [5, 5.41) is 14.7.